The van der Waals surface area contributed by atoms with Gasteiger partial charge < -0.3 is 16.8 Å². The van der Waals surface area contributed by atoms with Gasteiger partial charge in [0.1, 0.15) is 0 Å². The van der Waals surface area contributed by atoms with E-state index in [-0.39, 0.29) is 0 Å². The van der Waals surface area contributed by atoms with Crippen molar-refractivity contribution in [3.63, 3.8) is 0 Å². The predicted octanol–water partition coefficient (Wildman–Crippen LogP) is 0.286. The number of nitrogens with two attached hydrogens (primary N) is 2. The Balaban J connectivity index is 3.27. The van der Waals surface area contributed by atoms with E-state index in [9.17, 15) is 4.79 Å². The van der Waals surface area contributed by atoms with Gasteiger partial charge in [0, 0.05) is 13.6 Å². The van der Waals surface area contributed by atoms with Gasteiger partial charge in [-0.05, 0) is 11.6 Å². The van der Waals surface area contributed by atoms with Gasteiger partial charge >= 0.3 is 0 Å². The summed E-state index contributed by atoms with van der Waals surface area (Å²) in [5, 5.41) is 2.92. The van der Waals surface area contributed by atoms with E-state index in [0.717, 1.165) is 11.3 Å². The van der Waals surface area contributed by atoms with Gasteiger partial charge in [-0.25, -0.2) is 0 Å². The van der Waals surface area contributed by atoms with E-state index < -0.39 is 5.91 Å². The lowest BCUT2D eigenvalue weighted by Crippen LogP contribution is -2.15. The quantitative estimate of drug-likeness (QED) is 0.623. The minimum absolute atomic E-state index is 0.386. The fourth-order valence-corrected chi connectivity index (χ4v) is 1.27. The SMILES string of the molecule is CNc1c(CN)cccc1C(N)=O. The maximum absolute atomic E-state index is 11.0. The minimum atomic E-state index is -0.445. The van der Waals surface area contributed by atoms with E-state index in [4.69, 9.17) is 11.5 Å². The average Bonchev–Trinajstić information content (AvgIpc) is 2.16. The van der Waals surface area contributed by atoms with Crippen LogP contribution >= 0.6 is 0 Å². The van der Waals surface area contributed by atoms with Crippen molar-refractivity contribution in [3.05, 3.63) is 29.3 Å². The highest BCUT2D eigenvalue weighted by Crippen LogP contribution is 2.19. The number of rotatable bonds is 3. The number of hydrogen-bond donors (Lipinski definition) is 3. The number of anilines is 1. The summed E-state index contributed by atoms with van der Waals surface area (Å²) in [4.78, 5) is 11.0. The third-order valence-corrected chi connectivity index (χ3v) is 1.89. The van der Waals surface area contributed by atoms with Gasteiger partial charge in [-0.2, -0.15) is 0 Å². The van der Waals surface area contributed by atoms with E-state index in [1.165, 1.54) is 0 Å². The van der Waals surface area contributed by atoms with Crippen LogP contribution in [0.1, 0.15) is 15.9 Å². The summed E-state index contributed by atoms with van der Waals surface area (Å²) in [6.07, 6.45) is 0. The third-order valence-electron chi connectivity index (χ3n) is 1.89. The number of hydrogen-bond acceptors (Lipinski definition) is 3. The number of primary amides is 1. The molecule has 4 heteroatoms. The summed E-state index contributed by atoms with van der Waals surface area (Å²) >= 11 is 0. The van der Waals surface area contributed by atoms with Crippen LogP contribution in [0.2, 0.25) is 0 Å². The first-order valence-electron chi connectivity index (χ1n) is 4.00. The molecule has 13 heavy (non-hydrogen) atoms. The molecule has 0 aliphatic rings. The van der Waals surface area contributed by atoms with Crippen LogP contribution in [0.15, 0.2) is 18.2 Å². The molecule has 70 valence electrons. The molecule has 0 unspecified atom stereocenters. The molecule has 0 aromatic heterocycles. The molecule has 0 aliphatic heterocycles. The fourth-order valence-electron chi connectivity index (χ4n) is 1.27. The van der Waals surface area contributed by atoms with E-state index >= 15 is 0 Å². The van der Waals surface area contributed by atoms with Crippen LogP contribution in [0.4, 0.5) is 5.69 Å². The molecule has 0 saturated heterocycles. The van der Waals surface area contributed by atoms with Crippen molar-refractivity contribution in [1.82, 2.24) is 0 Å². The smallest absolute Gasteiger partial charge is 0.250 e. The zero-order valence-electron chi connectivity index (χ0n) is 7.50. The summed E-state index contributed by atoms with van der Waals surface area (Å²) in [5.41, 5.74) is 12.8. The van der Waals surface area contributed by atoms with Crippen molar-refractivity contribution in [3.8, 4) is 0 Å². The lowest BCUT2D eigenvalue weighted by Gasteiger charge is -2.10. The van der Waals surface area contributed by atoms with Crippen LogP contribution < -0.4 is 16.8 Å². The Morgan fingerprint density at radius 3 is 2.69 bits per heavy atom. The van der Waals surface area contributed by atoms with Crippen molar-refractivity contribution >= 4 is 11.6 Å². The Morgan fingerprint density at radius 1 is 1.54 bits per heavy atom. The average molecular weight is 179 g/mol. The van der Waals surface area contributed by atoms with Crippen molar-refractivity contribution in [2.24, 2.45) is 11.5 Å². The Labute approximate surface area is 76.9 Å². The van der Waals surface area contributed by atoms with Crippen LogP contribution in [0.5, 0.6) is 0 Å². The lowest BCUT2D eigenvalue weighted by molar-refractivity contribution is 0.100. The molecule has 4 nitrogen and oxygen atoms in total. The molecule has 1 aromatic rings. The van der Waals surface area contributed by atoms with Crippen LogP contribution in [-0.2, 0) is 6.54 Å². The summed E-state index contributed by atoms with van der Waals surface area (Å²) in [5.74, 6) is -0.445. The van der Waals surface area contributed by atoms with Gasteiger partial charge in [-0.1, -0.05) is 12.1 Å². The fraction of sp³-hybridized carbons (Fsp3) is 0.222. The van der Waals surface area contributed by atoms with Crippen LogP contribution in [0.25, 0.3) is 0 Å². The number of para-hydroxylation sites is 1. The highest BCUT2D eigenvalue weighted by Gasteiger charge is 2.09. The second-order valence-corrected chi connectivity index (χ2v) is 2.66. The van der Waals surface area contributed by atoms with Gasteiger partial charge in [0.05, 0.1) is 11.3 Å². The van der Waals surface area contributed by atoms with Gasteiger partial charge in [0.25, 0.3) is 5.91 Å². The molecule has 0 atom stereocenters. The normalized spacial score (nSPS) is 9.69. The van der Waals surface area contributed by atoms with E-state index in [2.05, 4.69) is 5.32 Å². The van der Waals surface area contributed by atoms with Crippen LogP contribution in [0.3, 0.4) is 0 Å². The van der Waals surface area contributed by atoms with Gasteiger partial charge in [0.2, 0.25) is 0 Å². The van der Waals surface area contributed by atoms with Crippen LogP contribution in [0, 0.1) is 0 Å². The first-order valence-corrected chi connectivity index (χ1v) is 4.00. The molecule has 0 aliphatic carbocycles. The topological polar surface area (TPSA) is 81.1 Å². The molecule has 1 aromatic carbocycles. The standard InChI is InChI=1S/C9H13N3O/c1-12-8-6(5-10)3-2-4-7(8)9(11)13/h2-4,12H,5,10H2,1H3,(H2,11,13). The van der Waals surface area contributed by atoms with Crippen LogP contribution in [-0.4, -0.2) is 13.0 Å². The Kier molecular flexibility index (Phi) is 2.87. The second kappa shape index (κ2) is 3.91. The molecule has 0 bridgehead atoms. The van der Waals surface area contributed by atoms with E-state index in [1.54, 1.807) is 19.2 Å². The molecule has 0 spiro atoms. The first kappa shape index (κ1) is 9.54. The Bertz CT molecular complexity index is 323. The van der Waals surface area contributed by atoms with Crippen molar-refractivity contribution in [2.75, 3.05) is 12.4 Å². The molecule has 1 rings (SSSR count). The van der Waals surface area contributed by atoms with Crippen molar-refractivity contribution in [1.29, 1.82) is 0 Å². The highest BCUT2D eigenvalue weighted by atomic mass is 16.1. The molecule has 5 N–H and O–H groups in total. The monoisotopic (exact) mass is 179 g/mol. The van der Waals surface area contributed by atoms with Crippen molar-refractivity contribution < 1.29 is 4.79 Å². The number of amides is 1. The number of carbonyl (C=O) groups is 1. The predicted molar refractivity (Wildman–Crippen MR) is 52.4 cm³/mol. The molecular formula is C9H13N3O. The third kappa shape index (κ3) is 1.78. The molecule has 0 fully saturated rings. The van der Waals surface area contributed by atoms with E-state index in [1.807, 2.05) is 6.07 Å². The highest BCUT2D eigenvalue weighted by molar-refractivity contribution is 5.99. The first-order chi connectivity index (χ1) is 6.20. The molecule has 0 heterocycles. The largest absolute Gasteiger partial charge is 0.387 e. The maximum atomic E-state index is 11.0. The summed E-state index contributed by atoms with van der Waals surface area (Å²) in [6.45, 7) is 0.386. The molecular weight excluding hydrogens is 166 g/mol. The molecule has 0 saturated carbocycles. The zero-order chi connectivity index (χ0) is 9.84. The number of carbonyl (C=O) groups excluding carboxylic acids is 1. The maximum Gasteiger partial charge on any atom is 0.250 e. The molecule has 1 amide bonds. The summed E-state index contributed by atoms with van der Waals surface area (Å²) < 4.78 is 0. The summed E-state index contributed by atoms with van der Waals surface area (Å²) in [7, 11) is 1.74. The summed E-state index contributed by atoms with van der Waals surface area (Å²) in [6, 6.07) is 5.30. The zero-order valence-corrected chi connectivity index (χ0v) is 7.50. The second-order valence-electron chi connectivity index (χ2n) is 2.66. The minimum Gasteiger partial charge on any atom is -0.387 e. The van der Waals surface area contributed by atoms with Gasteiger partial charge in [0.15, 0.2) is 0 Å². The van der Waals surface area contributed by atoms with E-state index in [0.29, 0.717) is 12.1 Å². The Morgan fingerprint density at radius 2 is 2.23 bits per heavy atom. The number of benzene rings is 1. The molecule has 0 radical (unpaired) electrons. The Hall–Kier alpha value is -1.55. The van der Waals surface area contributed by atoms with Crippen molar-refractivity contribution in [2.45, 2.75) is 6.54 Å². The van der Waals surface area contributed by atoms with Gasteiger partial charge in [-0.15, -0.1) is 0 Å². The number of nitrogens with one attached hydrogen (secondary N) is 1. The lowest BCUT2D eigenvalue weighted by atomic mass is 10.1. The van der Waals surface area contributed by atoms with Gasteiger partial charge in [-0.3, -0.25) is 4.79 Å².